The number of nitrogens with one attached hydrogen (secondary N) is 1. The second-order valence-electron chi connectivity index (χ2n) is 5.47. The predicted molar refractivity (Wildman–Crippen MR) is 77.5 cm³/mol. The minimum absolute atomic E-state index is 0.356. The van der Waals surface area contributed by atoms with Crippen LogP contribution in [0.3, 0.4) is 0 Å². The number of likely N-dealkylation sites (N-methyl/N-ethyl adjacent to an activating group) is 1. The standard InChI is InChI=1S/C14H26N2O4/c1-14(2,3)20-13(18)15-9-7-11-16(4)10-6-8-12(17)19-5/h6,8H,7,9-11H2,1-5H3,(H,15,18)/b8-6+. The van der Waals surface area contributed by atoms with Crippen LogP contribution in [0.4, 0.5) is 4.79 Å². The Balaban J connectivity index is 3.67. The largest absolute Gasteiger partial charge is 0.466 e. The Labute approximate surface area is 121 Å². The molecule has 0 saturated heterocycles. The van der Waals surface area contributed by atoms with E-state index in [0.717, 1.165) is 13.0 Å². The Kier molecular flexibility index (Phi) is 8.63. The van der Waals surface area contributed by atoms with Gasteiger partial charge in [-0.2, -0.15) is 0 Å². The van der Waals surface area contributed by atoms with Crippen molar-refractivity contribution in [2.24, 2.45) is 0 Å². The molecule has 20 heavy (non-hydrogen) atoms. The molecule has 0 fully saturated rings. The lowest BCUT2D eigenvalue weighted by atomic mass is 10.2. The van der Waals surface area contributed by atoms with Gasteiger partial charge in [0.15, 0.2) is 0 Å². The highest BCUT2D eigenvalue weighted by Gasteiger charge is 2.15. The van der Waals surface area contributed by atoms with Gasteiger partial charge in [-0.15, -0.1) is 0 Å². The van der Waals surface area contributed by atoms with E-state index in [1.54, 1.807) is 6.08 Å². The van der Waals surface area contributed by atoms with Gasteiger partial charge in [-0.1, -0.05) is 6.08 Å². The molecule has 0 unspecified atom stereocenters. The number of esters is 1. The number of carbonyl (C=O) groups is 2. The average molecular weight is 286 g/mol. The van der Waals surface area contributed by atoms with Crippen molar-refractivity contribution in [3.63, 3.8) is 0 Å². The molecule has 0 aromatic heterocycles. The van der Waals surface area contributed by atoms with Gasteiger partial charge in [-0.05, 0) is 40.8 Å². The van der Waals surface area contributed by atoms with Crippen molar-refractivity contribution in [1.29, 1.82) is 0 Å². The third-order valence-electron chi connectivity index (χ3n) is 2.26. The Morgan fingerprint density at radius 1 is 1.30 bits per heavy atom. The molecule has 0 bridgehead atoms. The molecule has 0 spiro atoms. The van der Waals surface area contributed by atoms with E-state index >= 15 is 0 Å². The lowest BCUT2D eigenvalue weighted by Gasteiger charge is -2.20. The van der Waals surface area contributed by atoms with Crippen LogP contribution in [-0.2, 0) is 14.3 Å². The maximum absolute atomic E-state index is 11.4. The van der Waals surface area contributed by atoms with Gasteiger partial charge in [0.25, 0.3) is 0 Å². The molecule has 0 aliphatic carbocycles. The van der Waals surface area contributed by atoms with Gasteiger partial charge in [0.2, 0.25) is 0 Å². The summed E-state index contributed by atoms with van der Waals surface area (Å²) in [4.78, 5) is 24.3. The SMILES string of the molecule is COC(=O)/C=C/CN(C)CCCNC(=O)OC(C)(C)C. The molecule has 0 aliphatic rings. The van der Waals surface area contributed by atoms with E-state index in [2.05, 4.69) is 10.1 Å². The minimum atomic E-state index is -0.473. The quantitative estimate of drug-likeness (QED) is 0.437. The monoisotopic (exact) mass is 286 g/mol. The topological polar surface area (TPSA) is 67.9 Å². The first-order valence-electron chi connectivity index (χ1n) is 6.64. The fourth-order valence-corrected chi connectivity index (χ4v) is 1.34. The molecule has 6 heteroatoms. The van der Waals surface area contributed by atoms with Gasteiger partial charge >= 0.3 is 12.1 Å². The van der Waals surface area contributed by atoms with Crippen LogP contribution >= 0.6 is 0 Å². The van der Waals surface area contributed by atoms with Crippen molar-refractivity contribution < 1.29 is 19.1 Å². The van der Waals surface area contributed by atoms with Gasteiger partial charge in [0.05, 0.1) is 7.11 Å². The summed E-state index contributed by atoms with van der Waals surface area (Å²) in [5.41, 5.74) is -0.473. The summed E-state index contributed by atoms with van der Waals surface area (Å²) in [7, 11) is 3.29. The summed E-state index contributed by atoms with van der Waals surface area (Å²) in [6, 6.07) is 0. The van der Waals surface area contributed by atoms with Crippen LogP contribution in [0.2, 0.25) is 0 Å². The molecule has 1 N–H and O–H groups in total. The number of alkyl carbamates (subject to hydrolysis) is 1. The first-order valence-corrected chi connectivity index (χ1v) is 6.64. The van der Waals surface area contributed by atoms with Gasteiger partial charge in [-0.25, -0.2) is 9.59 Å². The normalized spacial score (nSPS) is 11.7. The van der Waals surface area contributed by atoms with Crippen LogP contribution in [0.25, 0.3) is 0 Å². The Morgan fingerprint density at radius 3 is 2.50 bits per heavy atom. The van der Waals surface area contributed by atoms with Crippen molar-refractivity contribution in [2.75, 3.05) is 33.8 Å². The number of hydrogen-bond acceptors (Lipinski definition) is 5. The summed E-state index contributed by atoms with van der Waals surface area (Å²) in [5, 5.41) is 2.70. The zero-order valence-corrected chi connectivity index (χ0v) is 13.1. The van der Waals surface area contributed by atoms with Crippen molar-refractivity contribution >= 4 is 12.1 Å². The second-order valence-corrected chi connectivity index (χ2v) is 5.47. The summed E-state index contributed by atoms with van der Waals surface area (Å²) >= 11 is 0. The number of methoxy groups -OCH3 is 1. The Bertz CT molecular complexity index is 335. The second kappa shape index (κ2) is 9.36. The zero-order chi connectivity index (χ0) is 15.6. The lowest BCUT2D eigenvalue weighted by Crippen LogP contribution is -2.34. The molecule has 0 radical (unpaired) electrons. The van der Waals surface area contributed by atoms with Crippen LogP contribution < -0.4 is 5.32 Å². The lowest BCUT2D eigenvalue weighted by molar-refractivity contribution is -0.134. The average Bonchev–Trinajstić information content (AvgIpc) is 2.32. The van der Waals surface area contributed by atoms with Gasteiger partial charge in [0, 0.05) is 19.2 Å². The van der Waals surface area contributed by atoms with Gasteiger partial charge in [0.1, 0.15) is 5.60 Å². The summed E-state index contributed by atoms with van der Waals surface area (Å²) in [6.45, 7) is 7.50. The smallest absolute Gasteiger partial charge is 0.407 e. The molecular weight excluding hydrogens is 260 g/mol. The Morgan fingerprint density at radius 2 is 1.95 bits per heavy atom. The maximum Gasteiger partial charge on any atom is 0.407 e. The van der Waals surface area contributed by atoms with Crippen LogP contribution in [0.15, 0.2) is 12.2 Å². The van der Waals surface area contributed by atoms with E-state index in [4.69, 9.17) is 4.74 Å². The number of nitrogens with zero attached hydrogens (tertiary/aromatic N) is 1. The van der Waals surface area contributed by atoms with Crippen molar-refractivity contribution in [1.82, 2.24) is 10.2 Å². The summed E-state index contributed by atoms with van der Waals surface area (Å²) in [5.74, 6) is -0.356. The van der Waals surface area contributed by atoms with Crippen molar-refractivity contribution in [2.45, 2.75) is 32.8 Å². The fraction of sp³-hybridized carbons (Fsp3) is 0.714. The number of hydrogen-bond donors (Lipinski definition) is 1. The number of carbonyl (C=O) groups excluding carboxylic acids is 2. The van der Waals surface area contributed by atoms with E-state index in [1.165, 1.54) is 13.2 Å². The minimum Gasteiger partial charge on any atom is -0.466 e. The first-order chi connectivity index (χ1) is 9.24. The van der Waals surface area contributed by atoms with Crippen LogP contribution in [-0.4, -0.2) is 56.4 Å². The molecule has 0 atom stereocenters. The third kappa shape index (κ3) is 11.5. The predicted octanol–water partition coefficient (Wildman–Crippen LogP) is 1.56. The summed E-state index contributed by atoms with van der Waals surface area (Å²) in [6.07, 6.45) is 3.55. The Hall–Kier alpha value is -1.56. The van der Waals surface area contributed by atoms with E-state index < -0.39 is 11.7 Å². The van der Waals surface area contributed by atoms with Crippen LogP contribution in [0.5, 0.6) is 0 Å². The maximum atomic E-state index is 11.4. The molecule has 0 rings (SSSR count). The molecular formula is C14H26N2O4. The van der Waals surface area contributed by atoms with E-state index in [-0.39, 0.29) is 5.97 Å². The van der Waals surface area contributed by atoms with Crippen molar-refractivity contribution in [3.8, 4) is 0 Å². The van der Waals surface area contributed by atoms with E-state index in [0.29, 0.717) is 13.1 Å². The molecule has 0 heterocycles. The molecule has 0 aliphatic heterocycles. The third-order valence-corrected chi connectivity index (χ3v) is 2.26. The molecule has 1 amide bonds. The number of ether oxygens (including phenoxy) is 2. The number of rotatable bonds is 7. The molecule has 116 valence electrons. The highest BCUT2D eigenvalue weighted by Crippen LogP contribution is 2.06. The van der Waals surface area contributed by atoms with Gasteiger partial charge < -0.3 is 19.7 Å². The van der Waals surface area contributed by atoms with Crippen molar-refractivity contribution in [3.05, 3.63) is 12.2 Å². The van der Waals surface area contributed by atoms with Crippen LogP contribution in [0, 0.1) is 0 Å². The fourth-order valence-electron chi connectivity index (χ4n) is 1.34. The highest BCUT2D eigenvalue weighted by atomic mass is 16.6. The van der Waals surface area contributed by atoms with Crippen LogP contribution in [0.1, 0.15) is 27.2 Å². The molecule has 6 nitrogen and oxygen atoms in total. The van der Waals surface area contributed by atoms with E-state index in [1.807, 2.05) is 32.7 Å². The van der Waals surface area contributed by atoms with E-state index in [9.17, 15) is 9.59 Å². The van der Waals surface area contributed by atoms with Gasteiger partial charge in [-0.3, -0.25) is 0 Å². The summed E-state index contributed by atoms with van der Waals surface area (Å²) < 4.78 is 9.61. The molecule has 0 aromatic rings. The zero-order valence-electron chi connectivity index (χ0n) is 13.1. The molecule has 0 saturated carbocycles. The number of amides is 1. The molecule has 0 aromatic carbocycles. The highest BCUT2D eigenvalue weighted by molar-refractivity contribution is 5.81. The first kappa shape index (κ1) is 18.4.